The first-order valence-electron chi connectivity index (χ1n) is 6.45. The van der Waals surface area contributed by atoms with Crippen LogP contribution in [-0.4, -0.2) is 23.4 Å². The van der Waals surface area contributed by atoms with E-state index in [0.29, 0.717) is 31.3 Å². The molecule has 2 N–H and O–H groups in total. The molecule has 1 aromatic carbocycles. The summed E-state index contributed by atoms with van der Waals surface area (Å²) >= 11 is 3.40. The number of nitrogens with zero attached hydrogens (tertiary/aromatic N) is 2. The van der Waals surface area contributed by atoms with E-state index in [0.717, 1.165) is 10.0 Å². The van der Waals surface area contributed by atoms with Gasteiger partial charge in [0.05, 0.1) is 13.0 Å². The van der Waals surface area contributed by atoms with Crippen molar-refractivity contribution in [2.45, 2.75) is 25.8 Å². The third-order valence-corrected chi connectivity index (χ3v) is 3.38. The fraction of sp³-hybridized carbons (Fsp3) is 0.429. The lowest BCUT2D eigenvalue weighted by atomic mass is 10.1. The topological polar surface area (TPSA) is 74.2 Å². The van der Waals surface area contributed by atoms with Crippen LogP contribution in [0.4, 0.5) is 0 Å². The van der Waals surface area contributed by atoms with E-state index in [9.17, 15) is 0 Å². The van der Waals surface area contributed by atoms with Gasteiger partial charge in [-0.2, -0.15) is 4.98 Å². The summed E-state index contributed by atoms with van der Waals surface area (Å²) in [6.45, 7) is 4.72. The van der Waals surface area contributed by atoms with Gasteiger partial charge in [-0.3, -0.25) is 0 Å². The molecule has 0 saturated heterocycles. The molecule has 0 radical (unpaired) electrons. The van der Waals surface area contributed by atoms with Crippen LogP contribution in [0.1, 0.15) is 31.1 Å². The van der Waals surface area contributed by atoms with Crippen molar-refractivity contribution in [2.75, 3.05) is 13.2 Å². The Morgan fingerprint density at radius 1 is 1.35 bits per heavy atom. The number of hydrogen-bond donors (Lipinski definition) is 1. The van der Waals surface area contributed by atoms with E-state index >= 15 is 0 Å². The molecule has 0 fully saturated rings. The first kappa shape index (κ1) is 15.2. The molecule has 0 aliphatic rings. The molecule has 0 aliphatic heterocycles. The van der Waals surface area contributed by atoms with Gasteiger partial charge in [0.1, 0.15) is 5.54 Å². The quantitative estimate of drug-likeness (QED) is 0.875. The van der Waals surface area contributed by atoms with Crippen molar-refractivity contribution in [3.63, 3.8) is 0 Å². The number of halogens is 1. The van der Waals surface area contributed by atoms with E-state index in [1.54, 1.807) is 0 Å². The predicted octanol–water partition coefficient (Wildman–Crippen LogP) is 2.63. The number of ether oxygens (including phenoxy) is 1. The SMILES string of the molecule is CCOCC(C)(N)c1noc(Cc2ccc(Br)cc2)n1. The highest BCUT2D eigenvalue weighted by atomic mass is 79.9. The molecule has 1 unspecified atom stereocenters. The van der Waals surface area contributed by atoms with E-state index in [-0.39, 0.29) is 0 Å². The van der Waals surface area contributed by atoms with Crippen LogP contribution in [0.15, 0.2) is 33.3 Å². The largest absolute Gasteiger partial charge is 0.379 e. The van der Waals surface area contributed by atoms with Gasteiger partial charge in [-0.25, -0.2) is 0 Å². The molecular formula is C14H18BrN3O2. The van der Waals surface area contributed by atoms with E-state index in [2.05, 4.69) is 26.1 Å². The Morgan fingerprint density at radius 2 is 2.05 bits per heavy atom. The van der Waals surface area contributed by atoms with Gasteiger partial charge >= 0.3 is 0 Å². The molecule has 20 heavy (non-hydrogen) atoms. The molecule has 1 aromatic heterocycles. The number of rotatable bonds is 6. The first-order valence-corrected chi connectivity index (χ1v) is 7.24. The summed E-state index contributed by atoms with van der Waals surface area (Å²) in [5, 5.41) is 3.95. The van der Waals surface area contributed by atoms with Crippen LogP contribution in [0.2, 0.25) is 0 Å². The predicted molar refractivity (Wildman–Crippen MR) is 79.3 cm³/mol. The summed E-state index contributed by atoms with van der Waals surface area (Å²) in [4.78, 5) is 4.36. The van der Waals surface area contributed by atoms with Gasteiger partial charge in [-0.05, 0) is 31.5 Å². The van der Waals surface area contributed by atoms with Crippen molar-refractivity contribution in [3.8, 4) is 0 Å². The monoisotopic (exact) mass is 339 g/mol. The maximum Gasteiger partial charge on any atom is 0.231 e. The number of hydrogen-bond acceptors (Lipinski definition) is 5. The normalized spacial score (nSPS) is 14.2. The Balaban J connectivity index is 2.06. The summed E-state index contributed by atoms with van der Waals surface area (Å²) < 4.78 is 11.6. The maximum absolute atomic E-state index is 6.13. The van der Waals surface area contributed by atoms with Gasteiger partial charge in [-0.15, -0.1) is 0 Å². The van der Waals surface area contributed by atoms with Gasteiger partial charge < -0.3 is 15.0 Å². The summed E-state index contributed by atoms with van der Waals surface area (Å²) in [6.07, 6.45) is 0.588. The van der Waals surface area contributed by atoms with Crippen molar-refractivity contribution < 1.29 is 9.26 Å². The highest BCUT2D eigenvalue weighted by Crippen LogP contribution is 2.17. The minimum Gasteiger partial charge on any atom is -0.379 e. The molecule has 2 aromatic rings. The Labute approximate surface area is 126 Å². The van der Waals surface area contributed by atoms with Crippen LogP contribution in [0.3, 0.4) is 0 Å². The third kappa shape index (κ3) is 3.88. The molecule has 0 spiro atoms. The van der Waals surface area contributed by atoms with Crippen LogP contribution in [0.5, 0.6) is 0 Å². The van der Waals surface area contributed by atoms with Crippen LogP contribution in [0, 0.1) is 0 Å². The Morgan fingerprint density at radius 3 is 2.70 bits per heavy atom. The third-order valence-electron chi connectivity index (χ3n) is 2.85. The molecule has 5 nitrogen and oxygen atoms in total. The van der Waals surface area contributed by atoms with Crippen molar-refractivity contribution in [1.29, 1.82) is 0 Å². The van der Waals surface area contributed by atoms with E-state index in [4.69, 9.17) is 15.0 Å². The second-order valence-corrected chi connectivity index (χ2v) is 5.79. The average molecular weight is 340 g/mol. The van der Waals surface area contributed by atoms with Crippen LogP contribution in [-0.2, 0) is 16.7 Å². The highest BCUT2D eigenvalue weighted by Gasteiger charge is 2.27. The lowest BCUT2D eigenvalue weighted by Crippen LogP contribution is -2.39. The summed E-state index contributed by atoms with van der Waals surface area (Å²) in [5.74, 6) is 1.02. The molecule has 6 heteroatoms. The molecule has 0 amide bonds. The lowest BCUT2D eigenvalue weighted by Gasteiger charge is -2.19. The zero-order valence-electron chi connectivity index (χ0n) is 11.6. The molecule has 0 saturated carbocycles. The van der Waals surface area contributed by atoms with Gasteiger partial charge in [0, 0.05) is 11.1 Å². The second kappa shape index (κ2) is 6.47. The zero-order valence-corrected chi connectivity index (χ0v) is 13.2. The Kier molecular flexibility index (Phi) is 4.91. The molecule has 1 atom stereocenters. The molecule has 0 aliphatic carbocycles. The smallest absolute Gasteiger partial charge is 0.231 e. The summed E-state index contributed by atoms with van der Waals surface area (Å²) in [7, 11) is 0. The average Bonchev–Trinajstić information content (AvgIpc) is 2.88. The molecule has 108 valence electrons. The van der Waals surface area contributed by atoms with Crippen molar-refractivity contribution in [3.05, 3.63) is 46.0 Å². The van der Waals surface area contributed by atoms with Gasteiger partial charge in [0.2, 0.25) is 5.89 Å². The van der Waals surface area contributed by atoms with Crippen molar-refractivity contribution in [1.82, 2.24) is 10.1 Å². The molecular weight excluding hydrogens is 322 g/mol. The number of nitrogens with two attached hydrogens (primary N) is 1. The maximum atomic E-state index is 6.13. The van der Waals surface area contributed by atoms with E-state index in [1.807, 2.05) is 38.1 Å². The van der Waals surface area contributed by atoms with Crippen LogP contribution < -0.4 is 5.73 Å². The molecule has 1 heterocycles. The van der Waals surface area contributed by atoms with Crippen LogP contribution >= 0.6 is 15.9 Å². The highest BCUT2D eigenvalue weighted by molar-refractivity contribution is 9.10. The number of aromatic nitrogens is 2. The van der Waals surface area contributed by atoms with E-state index in [1.165, 1.54) is 0 Å². The second-order valence-electron chi connectivity index (χ2n) is 4.87. The van der Waals surface area contributed by atoms with Gasteiger partial charge in [0.15, 0.2) is 5.82 Å². The molecule has 2 rings (SSSR count). The lowest BCUT2D eigenvalue weighted by molar-refractivity contribution is 0.0962. The zero-order chi connectivity index (χ0) is 14.6. The Hall–Kier alpha value is -1.24. The van der Waals surface area contributed by atoms with Gasteiger partial charge in [-0.1, -0.05) is 33.2 Å². The fourth-order valence-electron chi connectivity index (χ4n) is 1.71. The summed E-state index contributed by atoms with van der Waals surface area (Å²) in [5.41, 5.74) is 6.50. The molecule has 0 bridgehead atoms. The van der Waals surface area contributed by atoms with Crippen LogP contribution in [0.25, 0.3) is 0 Å². The van der Waals surface area contributed by atoms with Crippen molar-refractivity contribution >= 4 is 15.9 Å². The standard InChI is InChI=1S/C14H18BrN3O2/c1-3-19-9-14(2,16)13-17-12(20-18-13)8-10-4-6-11(15)7-5-10/h4-7H,3,8-9,16H2,1-2H3. The van der Waals surface area contributed by atoms with Gasteiger partial charge in [0.25, 0.3) is 0 Å². The number of benzene rings is 1. The first-order chi connectivity index (χ1) is 9.51. The minimum absolute atomic E-state index is 0.362. The van der Waals surface area contributed by atoms with Crippen molar-refractivity contribution in [2.24, 2.45) is 5.73 Å². The minimum atomic E-state index is -0.739. The Bertz CT molecular complexity index is 552. The summed E-state index contributed by atoms with van der Waals surface area (Å²) in [6, 6.07) is 7.98. The fourth-order valence-corrected chi connectivity index (χ4v) is 1.98. The van der Waals surface area contributed by atoms with E-state index < -0.39 is 5.54 Å².